The summed E-state index contributed by atoms with van der Waals surface area (Å²) in [5, 5.41) is 1.17. The van der Waals surface area contributed by atoms with Crippen molar-refractivity contribution in [3.05, 3.63) is 79.1 Å². The van der Waals surface area contributed by atoms with Crippen molar-refractivity contribution in [2.45, 2.75) is 19.3 Å². The molecule has 0 atom stereocenters. The van der Waals surface area contributed by atoms with E-state index in [1.54, 1.807) is 24.1 Å². The lowest BCUT2D eigenvalue weighted by Gasteiger charge is -2.09. The van der Waals surface area contributed by atoms with Gasteiger partial charge in [0.1, 0.15) is 6.29 Å². The van der Waals surface area contributed by atoms with Gasteiger partial charge in [0, 0.05) is 24.7 Å². The first kappa shape index (κ1) is 21.0. The Balaban J connectivity index is 0.000000321. The summed E-state index contributed by atoms with van der Waals surface area (Å²) in [6.45, 7) is 4.31. The molecule has 4 heteroatoms. The molecule has 0 aliphatic carbocycles. The third-order valence-corrected chi connectivity index (χ3v) is 3.52. The lowest BCUT2D eigenvalue weighted by atomic mass is 10.1. The van der Waals surface area contributed by atoms with Crippen LogP contribution in [0.15, 0.2) is 73.4 Å². The van der Waals surface area contributed by atoms with E-state index in [1.807, 2.05) is 30.4 Å². The first-order valence-corrected chi connectivity index (χ1v) is 8.59. The van der Waals surface area contributed by atoms with Crippen molar-refractivity contribution < 1.29 is 9.59 Å². The van der Waals surface area contributed by atoms with Crippen molar-refractivity contribution >= 4 is 23.6 Å². The number of carbonyl (C=O) groups is 2. The average molecular weight is 350 g/mol. The van der Waals surface area contributed by atoms with Gasteiger partial charge in [-0.1, -0.05) is 48.6 Å². The third kappa shape index (κ3) is 8.73. The zero-order valence-electron chi connectivity index (χ0n) is 15.3. The van der Waals surface area contributed by atoms with E-state index in [-0.39, 0.29) is 0 Å². The second-order valence-electron chi connectivity index (χ2n) is 5.66. The quantitative estimate of drug-likeness (QED) is 0.296. The molecule has 0 aliphatic rings. The van der Waals surface area contributed by atoms with Crippen LogP contribution < -0.4 is 0 Å². The molecule has 0 saturated carbocycles. The molecule has 1 aromatic carbocycles. The van der Waals surface area contributed by atoms with Crippen LogP contribution in [0.1, 0.15) is 18.5 Å². The number of aldehydes is 1. The Morgan fingerprint density at radius 1 is 1.08 bits per heavy atom. The second-order valence-corrected chi connectivity index (χ2v) is 5.66. The Morgan fingerprint density at radius 3 is 2.62 bits per heavy atom. The van der Waals surface area contributed by atoms with E-state index in [1.165, 1.54) is 11.5 Å². The number of benzene rings is 1. The van der Waals surface area contributed by atoms with Gasteiger partial charge in [0.15, 0.2) is 0 Å². The molecular formula is C22H26N2O2. The number of allylic oxidation sites excluding steroid dienone is 5. The fourth-order valence-corrected chi connectivity index (χ4v) is 2.17. The topological polar surface area (TPSA) is 50.3 Å². The Bertz CT molecular complexity index is 751. The number of para-hydroxylation sites is 1. The minimum atomic E-state index is 0.748. The number of amides is 1. The first-order chi connectivity index (χ1) is 12.7. The van der Waals surface area contributed by atoms with Gasteiger partial charge in [0.05, 0.1) is 5.52 Å². The van der Waals surface area contributed by atoms with Crippen LogP contribution >= 0.6 is 0 Å². The third-order valence-electron chi connectivity index (χ3n) is 3.52. The second kappa shape index (κ2) is 13.3. The van der Waals surface area contributed by atoms with Crippen LogP contribution in [-0.2, 0) is 16.0 Å². The molecular weight excluding hydrogens is 324 g/mol. The molecule has 0 saturated heterocycles. The first-order valence-electron chi connectivity index (χ1n) is 8.59. The normalized spacial score (nSPS) is 10.5. The van der Waals surface area contributed by atoms with Gasteiger partial charge in [-0.3, -0.25) is 14.6 Å². The number of pyridine rings is 1. The molecule has 2 rings (SSSR count). The van der Waals surface area contributed by atoms with Crippen LogP contribution in [0.4, 0.5) is 0 Å². The maximum absolute atomic E-state index is 10.4. The van der Waals surface area contributed by atoms with Gasteiger partial charge in [-0.2, -0.15) is 0 Å². The van der Waals surface area contributed by atoms with E-state index < -0.39 is 0 Å². The van der Waals surface area contributed by atoms with Crippen LogP contribution in [0.25, 0.3) is 10.9 Å². The maximum atomic E-state index is 10.4. The van der Waals surface area contributed by atoms with Crippen molar-refractivity contribution in [1.82, 2.24) is 9.88 Å². The molecule has 1 aromatic heterocycles. The van der Waals surface area contributed by atoms with Crippen molar-refractivity contribution in [3.8, 4) is 0 Å². The standard InChI is InChI=1S/C14H16N2O.C8H10O/c1-16(11-17)10-4-6-13-9-8-12-5-2-3-7-14(12)15-13;1-2-3-4-5-6-7-8-9/h2-3,5,7-9,11H,4,6,10H2,1H3;2,4-8H,1,3H2/b;5-4?,7-6+. The van der Waals surface area contributed by atoms with E-state index in [9.17, 15) is 9.59 Å². The van der Waals surface area contributed by atoms with E-state index in [0.717, 1.165) is 49.7 Å². The molecule has 1 heterocycles. The van der Waals surface area contributed by atoms with E-state index in [0.29, 0.717) is 0 Å². The zero-order valence-corrected chi connectivity index (χ0v) is 15.3. The van der Waals surface area contributed by atoms with Crippen molar-refractivity contribution in [2.75, 3.05) is 13.6 Å². The van der Waals surface area contributed by atoms with Gasteiger partial charge in [0.25, 0.3) is 0 Å². The largest absolute Gasteiger partial charge is 0.348 e. The van der Waals surface area contributed by atoms with Crippen molar-refractivity contribution in [3.63, 3.8) is 0 Å². The molecule has 0 aliphatic heterocycles. The summed E-state index contributed by atoms with van der Waals surface area (Å²) in [6, 6.07) is 12.3. The predicted molar refractivity (Wildman–Crippen MR) is 108 cm³/mol. The number of hydrogen-bond acceptors (Lipinski definition) is 3. The zero-order chi connectivity index (χ0) is 19.0. The molecule has 0 bridgehead atoms. The summed E-state index contributed by atoms with van der Waals surface area (Å²) in [5.74, 6) is 0. The molecule has 0 unspecified atom stereocenters. The average Bonchev–Trinajstić information content (AvgIpc) is 2.68. The number of aryl methyl sites for hydroxylation is 1. The molecule has 0 radical (unpaired) electrons. The van der Waals surface area contributed by atoms with Crippen LogP contribution in [0.5, 0.6) is 0 Å². The van der Waals surface area contributed by atoms with Gasteiger partial charge in [-0.05, 0) is 37.5 Å². The fraction of sp³-hybridized carbons (Fsp3) is 0.227. The highest BCUT2D eigenvalue weighted by Gasteiger charge is 1.99. The predicted octanol–water partition coefficient (Wildman–Crippen LogP) is 4.13. The number of aromatic nitrogens is 1. The van der Waals surface area contributed by atoms with Crippen LogP contribution in [-0.4, -0.2) is 36.2 Å². The minimum Gasteiger partial charge on any atom is -0.348 e. The number of rotatable bonds is 9. The Kier molecular flexibility index (Phi) is 10.8. The Hall–Kier alpha value is -3.01. The number of nitrogens with zero attached hydrogens (tertiary/aromatic N) is 2. The highest BCUT2D eigenvalue weighted by molar-refractivity contribution is 5.78. The van der Waals surface area contributed by atoms with Gasteiger partial charge in [-0.25, -0.2) is 0 Å². The Labute approximate surface area is 155 Å². The number of hydrogen-bond donors (Lipinski definition) is 0. The summed E-state index contributed by atoms with van der Waals surface area (Å²) in [7, 11) is 1.79. The molecule has 4 nitrogen and oxygen atoms in total. The molecule has 1 amide bonds. The molecule has 0 spiro atoms. The van der Waals surface area contributed by atoms with Crippen molar-refractivity contribution in [2.24, 2.45) is 0 Å². The summed E-state index contributed by atoms with van der Waals surface area (Å²) in [4.78, 5) is 26.4. The molecule has 136 valence electrons. The van der Waals surface area contributed by atoms with E-state index >= 15 is 0 Å². The monoisotopic (exact) mass is 350 g/mol. The fourth-order valence-electron chi connectivity index (χ4n) is 2.17. The van der Waals surface area contributed by atoms with Gasteiger partial charge >= 0.3 is 0 Å². The van der Waals surface area contributed by atoms with Crippen molar-refractivity contribution in [1.29, 1.82) is 0 Å². The summed E-state index contributed by atoms with van der Waals surface area (Å²) >= 11 is 0. The van der Waals surface area contributed by atoms with Crippen LogP contribution in [0.3, 0.4) is 0 Å². The highest BCUT2D eigenvalue weighted by Crippen LogP contribution is 2.12. The molecule has 26 heavy (non-hydrogen) atoms. The van der Waals surface area contributed by atoms with Gasteiger partial charge < -0.3 is 4.90 Å². The summed E-state index contributed by atoms with van der Waals surface area (Å²) < 4.78 is 0. The van der Waals surface area contributed by atoms with E-state index in [4.69, 9.17) is 0 Å². The Morgan fingerprint density at radius 2 is 1.88 bits per heavy atom. The maximum Gasteiger partial charge on any atom is 0.209 e. The van der Waals surface area contributed by atoms with Gasteiger partial charge in [0.2, 0.25) is 6.41 Å². The van der Waals surface area contributed by atoms with Gasteiger partial charge in [-0.15, -0.1) is 6.58 Å². The SMILES string of the molecule is C=CCC=C/C=C/C=O.CN(C=O)CCCc1ccc2ccccc2n1. The van der Waals surface area contributed by atoms with Crippen LogP contribution in [0, 0.1) is 0 Å². The highest BCUT2D eigenvalue weighted by atomic mass is 16.1. The smallest absolute Gasteiger partial charge is 0.209 e. The molecule has 2 aromatic rings. The summed E-state index contributed by atoms with van der Waals surface area (Å²) in [5.41, 5.74) is 2.12. The molecule has 0 N–H and O–H groups in total. The minimum absolute atomic E-state index is 0.748. The number of fused-ring (bicyclic) bond motifs is 1. The van der Waals surface area contributed by atoms with Crippen LogP contribution in [0.2, 0.25) is 0 Å². The lowest BCUT2D eigenvalue weighted by molar-refractivity contribution is -0.117. The lowest BCUT2D eigenvalue weighted by Crippen LogP contribution is -2.17. The molecule has 0 fully saturated rings. The summed E-state index contributed by atoms with van der Waals surface area (Å²) in [6.07, 6.45) is 13.0. The van der Waals surface area contributed by atoms with E-state index in [2.05, 4.69) is 29.8 Å². The number of carbonyl (C=O) groups excluding carboxylic acids is 2.